The molecular weight excluding hydrogens is 398 g/mol. The maximum Gasteiger partial charge on any atom is 0.338 e. The van der Waals surface area contributed by atoms with E-state index in [1.807, 2.05) is 38.5 Å². The lowest BCUT2D eigenvalue weighted by atomic mass is 9.95. The van der Waals surface area contributed by atoms with Crippen molar-refractivity contribution in [2.75, 3.05) is 26.8 Å². The number of nitrogens with one attached hydrogen (secondary N) is 2. The highest BCUT2D eigenvalue weighted by Crippen LogP contribution is 2.29. The number of urea groups is 1. The summed E-state index contributed by atoms with van der Waals surface area (Å²) in [5.41, 5.74) is 2.76. The molecule has 0 fully saturated rings. The molecule has 2 amide bonds. The maximum atomic E-state index is 12.9. The van der Waals surface area contributed by atoms with Crippen LogP contribution in [0, 0.1) is 0 Å². The molecular formula is C22H29N5O4. The number of likely N-dealkylation sites (N-methyl/N-ethyl adjacent to an activating group) is 1. The van der Waals surface area contributed by atoms with Gasteiger partial charge in [0.1, 0.15) is 5.75 Å². The Hall–Kier alpha value is -3.33. The van der Waals surface area contributed by atoms with Crippen LogP contribution in [0.3, 0.4) is 0 Å². The Morgan fingerprint density at radius 2 is 1.97 bits per heavy atom. The number of methoxy groups -OCH3 is 1. The van der Waals surface area contributed by atoms with Crippen LogP contribution in [0.1, 0.15) is 31.0 Å². The van der Waals surface area contributed by atoms with E-state index in [2.05, 4.69) is 20.6 Å². The quantitative estimate of drug-likeness (QED) is 0.595. The monoisotopic (exact) mass is 427 g/mol. The van der Waals surface area contributed by atoms with E-state index in [0.717, 1.165) is 17.7 Å². The van der Waals surface area contributed by atoms with E-state index >= 15 is 0 Å². The SMILES string of the molecule is CCOC(=O)C1=C(CN(CC)Cc2cnn(C)c2)NC(=O)N[C@H]1c1ccc(OC)cc1. The van der Waals surface area contributed by atoms with Crippen molar-refractivity contribution in [2.24, 2.45) is 7.05 Å². The summed E-state index contributed by atoms with van der Waals surface area (Å²) in [5.74, 6) is 0.239. The number of amides is 2. The highest BCUT2D eigenvalue weighted by molar-refractivity contribution is 5.95. The molecule has 0 aliphatic carbocycles. The third kappa shape index (κ3) is 5.43. The molecule has 1 aliphatic rings. The number of ether oxygens (including phenoxy) is 2. The minimum atomic E-state index is -0.620. The first-order valence-electron chi connectivity index (χ1n) is 10.3. The summed E-state index contributed by atoms with van der Waals surface area (Å²) >= 11 is 0. The molecule has 166 valence electrons. The molecule has 0 bridgehead atoms. The van der Waals surface area contributed by atoms with Crippen molar-refractivity contribution in [3.63, 3.8) is 0 Å². The molecule has 0 radical (unpaired) electrons. The number of rotatable bonds is 9. The molecule has 9 heteroatoms. The van der Waals surface area contributed by atoms with Gasteiger partial charge in [-0.3, -0.25) is 9.58 Å². The molecule has 1 aromatic heterocycles. The van der Waals surface area contributed by atoms with Gasteiger partial charge in [0, 0.05) is 37.6 Å². The van der Waals surface area contributed by atoms with Crippen LogP contribution >= 0.6 is 0 Å². The van der Waals surface area contributed by atoms with Gasteiger partial charge in [0.15, 0.2) is 0 Å². The first kappa shape index (κ1) is 22.4. The summed E-state index contributed by atoms with van der Waals surface area (Å²) in [6, 6.07) is 6.28. The van der Waals surface area contributed by atoms with Crippen molar-refractivity contribution in [1.82, 2.24) is 25.3 Å². The minimum absolute atomic E-state index is 0.242. The van der Waals surface area contributed by atoms with Gasteiger partial charge in [-0.15, -0.1) is 0 Å². The van der Waals surface area contributed by atoms with E-state index < -0.39 is 12.0 Å². The number of hydrogen-bond acceptors (Lipinski definition) is 6. The highest BCUT2D eigenvalue weighted by atomic mass is 16.5. The standard InChI is InChI=1S/C22H29N5O4/c1-5-27(13-15-11-23-26(3)12-15)14-18-19(21(28)31-6-2)20(25-22(29)24-18)16-7-9-17(30-4)10-8-16/h7-12,20H,5-6,13-14H2,1-4H3,(H2,24,25,29)/t20-/m0/s1. The second kappa shape index (κ2) is 10.1. The van der Waals surface area contributed by atoms with Crippen molar-refractivity contribution < 1.29 is 19.1 Å². The molecule has 9 nitrogen and oxygen atoms in total. The van der Waals surface area contributed by atoms with E-state index in [1.54, 1.807) is 30.8 Å². The van der Waals surface area contributed by atoms with Crippen LogP contribution in [-0.2, 0) is 23.1 Å². The molecule has 0 spiro atoms. The molecule has 0 saturated carbocycles. The first-order chi connectivity index (χ1) is 14.9. The van der Waals surface area contributed by atoms with Gasteiger partial charge in [-0.2, -0.15) is 5.10 Å². The van der Waals surface area contributed by atoms with Gasteiger partial charge in [0.2, 0.25) is 0 Å². The minimum Gasteiger partial charge on any atom is -0.497 e. The fraction of sp³-hybridized carbons (Fsp3) is 0.409. The number of hydrogen-bond donors (Lipinski definition) is 2. The van der Waals surface area contributed by atoms with E-state index in [9.17, 15) is 9.59 Å². The predicted octanol–water partition coefficient (Wildman–Crippen LogP) is 2.12. The number of aryl methyl sites for hydroxylation is 1. The Bertz CT molecular complexity index is 951. The van der Waals surface area contributed by atoms with Crippen molar-refractivity contribution in [3.05, 3.63) is 59.1 Å². The number of benzene rings is 1. The summed E-state index contributed by atoms with van der Waals surface area (Å²) in [5, 5.41) is 9.89. The Labute approximate surface area is 182 Å². The average Bonchev–Trinajstić information content (AvgIpc) is 3.17. The Kier molecular flexibility index (Phi) is 7.30. The lowest BCUT2D eigenvalue weighted by molar-refractivity contribution is -0.139. The zero-order chi connectivity index (χ0) is 22.4. The van der Waals surface area contributed by atoms with Crippen LogP contribution in [0.15, 0.2) is 47.9 Å². The van der Waals surface area contributed by atoms with Crippen LogP contribution in [0.4, 0.5) is 4.79 Å². The summed E-state index contributed by atoms with van der Waals surface area (Å²) in [4.78, 5) is 27.5. The van der Waals surface area contributed by atoms with Crippen molar-refractivity contribution in [1.29, 1.82) is 0 Å². The maximum absolute atomic E-state index is 12.9. The molecule has 0 saturated heterocycles. The number of esters is 1. The lowest BCUT2D eigenvalue weighted by Gasteiger charge is -2.31. The van der Waals surface area contributed by atoms with Crippen molar-refractivity contribution >= 4 is 12.0 Å². The second-order valence-electron chi connectivity index (χ2n) is 7.24. The van der Waals surface area contributed by atoms with Crippen molar-refractivity contribution in [3.8, 4) is 5.75 Å². The summed E-state index contributed by atoms with van der Waals surface area (Å²) in [6.07, 6.45) is 3.76. The number of carbonyl (C=O) groups excluding carboxylic acids is 2. The van der Waals surface area contributed by atoms with Crippen molar-refractivity contribution in [2.45, 2.75) is 26.4 Å². The lowest BCUT2D eigenvalue weighted by Crippen LogP contribution is -2.48. The van der Waals surface area contributed by atoms with Crippen LogP contribution < -0.4 is 15.4 Å². The van der Waals surface area contributed by atoms with Gasteiger partial charge in [-0.25, -0.2) is 9.59 Å². The van der Waals surface area contributed by atoms with E-state index in [-0.39, 0.29) is 12.6 Å². The fourth-order valence-corrected chi connectivity index (χ4v) is 3.55. The van der Waals surface area contributed by atoms with Crippen LogP contribution in [0.5, 0.6) is 5.75 Å². The van der Waals surface area contributed by atoms with E-state index in [4.69, 9.17) is 9.47 Å². The Balaban J connectivity index is 1.95. The van der Waals surface area contributed by atoms with Gasteiger partial charge in [-0.05, 0) is 31.2 Å². The summed E-state index contributed by atoms with van der Waals surface area (Å²) in [7, 11) is 3.46. The van der Waals surface area contributed by atoms with Gasteiger partial charge in [-0.1, -0.05) is 19.1 Å². The van der Waals surface area contributed by atoms with Crippen LogP contribution in [0.25, 0.3) is 0 Å². The summed E-state index contributed by atoms with van der Waals surface area (Å²) in [6.45, 7) is 5.79. The molecule has 3 rings (SSSR count). The molecule has 0 unspecified atom stereocenters. The molecule has 1 atom stereocenters. The highest BCUT2D eigenvalue weighted by Gasteiger charge is 2.34. The zero-order valence-electron chi connectivity index (χ0n) is 18.3. The largest absolute Gasteiger partial charge is 0.497 e. The molecule has 2 aromatic rings. The smallest absolute Gasteiger partial charge is 0.338 e. The Morgan fingerprint density at radius 1 is 1.23 bits per heavy atom. The molecule has 31 heavy (non-hydrogen) atoms. The van der Waals surface area contributed by atoms with Crippen LogP contribution in [0.2, 0.25) is 0 Å². The third-order valence-electron chi connectivity index (χ3n) is 5.09. The summed E-state index contributed by atoms with van der Waals surface area (Å²) < 4.78 is 12.3. The predicted molar refractivity (Wildman–Crippen MR) is 115 cm³/mol. The second-order valence-corrected chi connectivity index (χ2v) is 7.24. The Morgan fingerprint density at radius 3 is 2.55 bits per heavy atom. The number of nitrogens with zero attached hydrogens (tertiary/aromatic N) is 3. The van der Waals surface area contributed by atoms with Gasteiger partial charge < -0.3 is 20.1 Å². The average molecular weight is 428 g/mol. The normalized spacial score (nSPS) is 16.2. The van der Waals surface area contributed by atoms with Gasteiger partial charge in [0.05, 0.1) is 31.5 Å². The number of aromatic nitrogens is 2. The number of carbonyl (C=O) groups is 2. The van der Waals surface area contributed by atoms with E-state index in [0.29, 0.717) is 30.1 Å². The topological polar surface area (TPSA) is 97.7 Å². The molecule has 2 N–H and O–H groups in total. The molecule has 1 aliphatic heterocycles. The van der Waals surface area contributed by atoms with Crippen LogP contribution in [-0.4, -0.2) is 53.5 Å². The van der Waals surface area contributed by atoms with Gasteiger partial charge in [0.25, 0.3) is 0 Å². The third-order valence-corrected chi connectivity index (χ3v) is 5.09. The van der Waals surface area contributed by atoms with Gasteiger partial charge >= 0.3 is 12.0 Å². The fourth-order valence-electron chi connectivity index (χ4n) is 3.55. The van der Waals surface area contributed by atoms with E-state index in [1.165, 1.54) is 0 Å². The molecule has 2 heterocycles. The molecule has 1 aromatic carbocycles. The first-order valence-corrected chi connectivity index (χ1v) is 10.3. The zero-order valence-corrected chi connectivity index (χ0v) is 18.3.